The molecule has 4 nitrogen and oxygen atoms in total. The number of alkyl halides is 3. The van der Waals surface area contributed by atoms with Crippen LogP contribution < -0.4 is 5.32 Å². The third-order valence-corrected chi connectivity index (χ3v) is 7.15. The van der Waals surface area contributed by atoms with Gasteiger partial charge in [0.15, 0.2) is 0 Å². The quantitative estimate of drug-likeness (QED) is 0.449. The van der Waals surface area contributed by atoms with Crippen molar-refractivity contribution in [2.24, 2.45) is 0 Å². The second-order valence-electron chi connectivity index (χ2n) is 9.31. The van der Waals surface area contributed by atoms with Crippen LogP contribution in [0, 0.1) is 0 Å². The molecule has 0 aliphatic carbocycles. The smallest absolute Gasteiger partial charge is 0.312 e. The highest BCUT2D eigenvalue weighted by molar-refractivity contribution is 9.10. The SMILES string of the molecule is CCC(c1ccc(Br)cc1)N1CCN(Cc2cc(C(CN(C)C)NC)ccc2C(F)(F)F)CC1. The molecule has 1 N–H and O–H groups in total. The van der Waals surface area contributed by atoms with Gasteiger partial charge in [0.2, 0.25) is 0 Å². The molecule has 1 aliphatic heterocycles. The Morgan fingerprint density at radius 2 is 1.62 bits per heavy atom. The fourth-order valence-corrected chi connectivity index (χ4v) is 5.09. The van der Waals surface area contributed by atoms with E-state index in [1.54, 1.807) is 12.1 Å². The summed E-state index contributed by atoms with van der Waals surface area (Å²) in [5.74, 6) is 0. The van der Waals surface area contributed by atoms with Gasteiger partial charge in [-0.15, -0.1) is 0 Å². The van der Waals surface area contributed by atoms with Crippen LogP contribution in [-0.2, 0) is 12.7 Å². The minimum atomic E-state index is -4.36. The van der Waals surface area contributed by atoms with E-state index in [1.165, 1.54) is 11.6 Å². The summed E-state index contributed by atoms with van der Waals surface area (Å²) in [7, 11) is 5.78. The molecule has 188 valence electrons. The molecule has 0 bridgehead atoms. The van der Waals surface area contributed by atoms with Gasteiger partial charge in [-0.3, -0.25) is 9.80 Å². The van der Waals surface area contributed by atoms with Crippen molar-refractivity contribution in [2.75, 3.05) is 53.9 Å². The van der Waals surface area contributed by atoms with Gasteiger partial charge in [-0.25, -0.2) is 0 Å². The summed E-state index contributed by atoms with van der Waals surface area (Å²) in [6.45, 7) is 6.40. The second-order valence-corrected chi connectivity index (χ2v) is 10.2. The van der Waals surface area contributed by atoms with Crippen molar-refractivity contribution in [2.45, 2.75) is 38.1 Å². The summed E-state index contributed by atoms with van der Waals surface area (Å²) in [5, 5.41) is 3.24. The highest BCUT2D eigenvalue weighted by Crippen LogP contribution is 2.34. The zero-order chi connectivity index (χ0) is 24.9. The van der Waals surface area contributed by atoms with Gasteiger partial charge >= 0.3 is 6.18 Å². The second kappa shape index (κ2) is 12.0. The average Bonchev–Trinajstić information content (AvgIpc) is 2.79. The zero-order valence-corrected chi connectivity index (χ0v) is 22.1. The van der Waals surface area contributed by atoms with Crippen molar-refractivity contribution in [3.63, 3.8) is 0 Å². The molecule has 2 aromatic carbocycles. The molecular weight excluding hydrogens is 505 g/mol. The van der Waals surface area contributed by atoms with E-state index in [2.05, 4.69) is 62.2 Å². The molecule has 1 aliphatic rings. The average molecular weight is 542 g/mol. The van der Waals surface area contributed by atoms with E-state index in [1.807, 2.05) is 26.0 Å². The summed E-state index contributed by atoms with van der Waals surface area (Å²) in [5.41, 5.74) is 2.00. The van der Waals surface area contributed by atoms with Crippen molar-refractivity contribution in [3.05, 3.63) is 69.2 Å². The Labute approximate surface area is 210 Å². The number of benzene rings is 2. The monoisotopic (exact) mass is 540 g/mol. The summed E-state index contributed by atoms with van der Waals surface area (Å²) in [4.78, 5) is 6.64. The molecule has 8 heteroatoms. The number of hydrogen-bond acceptors (Lipinski definition) is 4. The lowest BCUT2D eigenvalue weighted by molar-refractivity contribution is -0.138. The molecule has 0 radical (unpaired) electrons. The van der Waals surface area contributed by atoms with Crippen molar-refractivity contribution >= 4 is 15.9 Å². The van der Waals surface area contributed by atoms with E-state index >= 15 is 0 Å². The zero-order valence-electron chi connectivity index (χ0n) is 20.5. The first-order valence-electron chi connectivity index (χ1n) is 11.9. The highest BCUT2D eigenvalue weighted by Gasteiger charge is 2.34. The number of nitrogens with one attached hydrogen (secondary N) is 1. The van der Waals surface area contributed by atoms with Crippen LogP contribution in [0.4, 0.5) is 13.2 Å². The predicted molar refractivity (Wildman–Crippen MR) is 136 cm³/mol. The first kappa shape index (κ1) is 27.1. The van der Waals surface area contributed by atoms with E-state index in [0.717, 1.165) is 42.6 Å². The number of piperazine rings is 1. The number of hydrogen-bond donors (Lipinski definition) is 1. The molecule has 34 heavy (non-hydrogen) atoms. The van der Waals surface area contributed by atoms with Gasteiger partial charge in [-0.2, -0.15) is 13.2 Å². The third kappa shape index (κ3) is 7.04. The van der Waals surface area contributed by atoms with E-state index in [0.29, 0.717) is 24.7 Å². The molecule has 0 amide bonds. The van der Waals surface area contributed by atoms with E-state index in [9.17, 15) is 13.2 Å². The highest BCUT2D eigenvalue weighted by atomic mass is 79.9. The summed E-state index contributed by atoms with van der Waals surface area (Å²) in [6, 6.07) is 13.3. The number of rotatable bonds is 9. The first-order valence-corrected chi connectivity index (χ1v) is 12.7. The fraction of sp³-hybridized carbons (Fsp3) is 0.538. The molecule has 3 rings (SSSR count). The first-order chi connectivity index (χ1) is 16.1. The summed E-state index contributed by atoms with van der Waals surface area (Å²) < 4.78 is 42.5. The number of halogens is 4. The maximum atomic E-state index is 13.8. The Kier molecular flexibility index (Phi) is 9.57. The van der Waals surface area contributed by atoms with Crippen LogP contribution in [0.3, 0.4) is 0 Å². The Morgan fingerprint density at radius 3 is 2.15 bits per heavy atom. The maximum absolute atomic E-state index is 13.8. The van der Waals surface area contributed by atoms with Crippen molar-refractivity contribution in [3.8, 4) is 0 Å². The molecular formula is C26H36BrF3N4. The Balaban J connectivity index is 1.73. The lowest BCUT2D eigenvalue weighted by atomic mass is 9.98. The van der Waals surface area contributed by atoms with E-state index in [-0.39, 0.29) is 6.04 Å². The minimum absolute atomic E-state index is 0.0240. The number of nitrogens with zero attached hydrogens (tertiary/aromatic N) is 3. The van der Waals surface area contributed by atoms with E-state index < -0.39 is 11.7 Å². The molecule has 2 atom stereocenters. The summed E-state index contributed by atoms with van der Waals surface area (Å²) in [6.07, 6.45) is -3.36. The molecule has 1 saturated heterocycles. The molecule has 2 aromatic rings. The van der Waals surface area contributed by atoms with Gasteiger partial charge in [-0.05, 0) is 62.5 Å². The van der Waals surface area contributed by atoms with Crippen LogP contribution >= 0.6 is 15.9 Å². The van der Waals surface area contributed by atoms with Crippen LogP contribution in [0.1, 0.15) is 47.7 Å². The predicted octanol–water partition coefficient (Wildman–Crippen LogP) is 5.56. The third-order valence-electron chi connectivity index (χ3n) is 6.62. The molecule has 0 saturated carbocycles. The lowest BCUT2D eigenvalue weighted by Gasteiger charge is -2.39. The van der Waals surface area contributed by atoms with Gasteiger partial charge in [0.25, 0.3) is 0 Å². The topological polar surface area (TPSA) is 21.8 Å². The lowest BCUT2D eigenvalue weighted by Crippen LogP contribution is -2.47. The fourth-order valence-electron chi connectivity index (χ4n) is 4.83. The van der Waals surface area contributed by atoms with Gasteiger partial charge in [0.1, 0.15) is 0 Å². The standard InChI is InChI=1S/C26H36BrF3N4/c1-5-25(19-6-9-22(27)10-7-19)34-14-12-33(13-15-34)17-21-16-20(24(31-2)18-32(3)4)8-11-23(21)26(28,29)30/h6-11,16,24-25,31H,5,12-15,17-18H2,1-4H3. The Morgan fingerprint density at radius 1 is 1.00 bits per heavy atom. The summed E-state index contributed by atoms with van der Waals surface area (Å²) >= 11 is 3.49. The van der Waals surface area contributed by atoms with Gasteiger partial charge in [-0.1, -0.05) is 47.1 Å². The Bertz CT molecular complexity index is 909. The molecule has 0 spiro atoms. The van der Waals surface area contributed by atoms with Gasteiger partial charge in [0, 0.05) is 55.8 Å². The molecule has 1 heterocycles. The van der Waals surface area contributed by atoms with Crippen LogP contribution in [0.25, 0.3) is 0 Å². The largest absolute Gasteiger partial charge is 0.416 e. The molecule has 0 aromatic heterocycles. The van der Waals surface area contributed by atoms with Gasteiger partial charge < -0.3 is 10.2 Å². The minimum Gasteiger partial charge on any atom is -0.312 e. The maximum Gasteiger partial charge on any atom is 0.416 e. The van der Waals surface area contributed by atoms with Crippen LogP contribution in [0.15, 0.2) is 46.9 Å². The normalized spacial score (nSPS) is 17.8. The van der Waals surface area contributed by atoms with Crippen LogP contribution in [-0.4, -0.2) is 68.6 Å². The van der Waals surface area contributed by atoms with Crippen molar-refractivity contribution in [1.29, 1.82) is 0 Å². The van der Waals surface area contributed by atoms with Crippen molar-refractivity contribution in [1.82, 2.24) is 20.0 Å². The molecule has 2 unspecified atom stereocenters. The van der Waals surface area contributed by atoms with Crippen LogP contribution in [0.5, 0.6) is 0 Å². The van der Waals surface area contributed by atoms with Crippen molar-refractivity contribution < 1.29 is 13.2 Å². The van der Waals surface area contributed by atoms with Gasteiger partial charge in [0.05, 0.1) is 5.56 Å². The Hall–Kier alpha value is -1.45. The van der Waals surface area contributed by atoms with Crippen LogP contribution in [0.2, 0.25) is 0 Å². The number of likely N-dealkylation sites (N-methyl/N-ethyl adjacent to an activating group) is 2. The molecule has 1 fully saturated rings. The van der Waals surface area contributed by atoms with E-state index in [4.69, 9.17) is 0 Å².